The van der Waals surface area contributed by atoms with Crippen molar-refractivity contribution in [3.63, 3.8) is 0 Å². The maximum atomic E-state index is 12.9. The molecule has 2 aliphatic heterocycles. The largest absolute Gasteiger partial charge is 0.460 e. The molecule has 152 valence electrons. The van der Waals surface area contributed by atoms with Crippen molar-refractivity contribution in [2.45, 2.75) is 71.4 Å². The summed E-state index contributed by atoms with van der Waals surface area (Å²) in [7, 11) is 0. The molecule has 1 amide bonds. The molecule has 2 atom stereocenters. The summed E-state index contributed by atoms with van der Waals surface area (Å²) in [4.78, 5) is 29.2. The van der Waals surface area contributed by atoms with Gasteiger partial charge in [-0.25, -0.2) is 9.59 Å². The first-order chi connectivity index (χ1) is 12.6. The van der Waals surface area contributed by atoms with Gasteiger partial charge in [-0.1, -0.05) is 6.08 Å². The Kier molecular flexibility index (Phi) is 6.57. The van der Waals surface area contributed by atoms with Gasteiger partial charge < -0.3 is 19.7 Å². The topological polar surface area (TPSA) is 71.1 Å². The lowest BCUT2D eigenvalue weighted by Gasteiger charge is -2.39. The van der Waals surface area contributed by atoms with E-state index in [-0.39, 0.29) is 24.2 Å². The number of esters is 1. The molecule has 0 aromatic carbocycles. The highest BCUT2D eigenvalue weighted by Gasteiger charge is 2.48. The normalized spacial score (nSPS) is 25.4. The molecule has 2 aliphatic rings. The van der Waals surface area contributed by atoms with Crippen molar-refractivity contribution >= 4 is 12.1 Å². The summed E-state index contributed by atoms with van der Waals surface area (Å²) in [6, 6.07) is -0.0188. The predicted molar refractivity (Wildman–Crippen MR) is 104 cm³/mol. The third-order valence-corrected chi connectivity index (χ3v) is 4.57. The van der Waals surface area contributed by atoms with Crippen molar-refractivity contribution in [3.8, 4) is 0 Å². The minimum absolute atomic E-state index is 0.0188. The Morgan fingerprint density at radius 3 is 2.56 bits per heavy atom. The molecule has 7 heteroatoms. The second-order valence-corrected chi connectivity index (χ2v) is 8.24. The third-order valence-electron chi connectivity index (χ3n) is 4.57. The molecule has 0 bridgehead atoms. The van der Waals surface area contributed by atoms with Gasteiger partial charge in [0.15, 0.2) is 0 Å². The van der Waals surface area contributed by atoms with Gasteiger partial charge in [0.2, 0.25) is 5.66 Å². The van der Waals surface area contributed by atoms with Gasteiger partial charge in [-0.15, -0.1) is 0 Å². The Hall–Kier alpha value is -2.02. The van der Waals surface area contributed by atoms with Crippen LogP contribution in [0.4, 0.5) is 4.79 Å². The Bertz CT molecular complexity index is 609. The fraction of sp³-hybridized carbons (Fsp3) is 0.700. The number of amides is 1. The van der Waals surface area contributed by atoms with Crippen molar-refractivity contribution in [3.05, 3.63) is 24.4 Å². The van der Waals surface area contributed by atoms with Crippen LogP contribution in [0.2, 0.25) is 0 Å². The number of hydrogen-bond donors (Lipinski definition) is 1. The molecule has 0 radical (unpaired) electrons. The number of likely N-dealkylation sites (N-methyl/N-ethyl adjacent to an activating group) is 1. The van der Waals surface area contributed by atoms with E-state index in [2.05, 4.69) is 5.32 Å². The van der Waals surface area contributed by atoms with Crippen LogP contribution in [0, 0.1) is 0 Å². The molecule has 0 aromatic heterocycles. The summed E-state index contributed by atoms with van der Waals surface area (Å²) in [6.45, 7) is 13.0. The molecule has 1 N–H and O–H groups in total. The van der Waals surface area contributed by atoms with Gasteiger partial charge >= 0.3 is 12.1 Å². The first-order valence-electron chi connectivity index (χ1n) is 9.67. The zero-order valence-electron chi connectivity index (χ0n) is 17.3. The zero-order chi connectivity index (χ0) is 20.2. The maximum absolute atomic E-state index is 12.9. The fourth-order valence-electron chi connectivity index (χ4n) is 3.40. The number of dihydropyridines is 1. The van der Waals surface area contributed by atoms with Crippen LogP contribution in [0.5, 0.6) is 0 Å². The van der Waals surface area contributed by atoms with Crippen LogP contribution in [-0.4, -0.2) is 64.9 Å². The number of nitrogens with zero attached hydrogens (tertiary/aromatic N) is 2. The van der Waals surface area contributed by atoms with Gasteiger partial charge in [0, 0.05) is 25.7 Å². The van der Waals surface area contributed by atoms with E-state index >= 15 is 0 Å². The molecule has 1 unspecified atom stereocenters. The molecule has 0 aliphatic carbocycles. The molecule has 27 heavy (non-hydrogen) atoms. The molecule has 2 rings (SSSR count). The number of nitrogens with one attached hydrogen (secondary N) is 1. The number of ether oxygens (including phenoxy) is 2. The van der Waals surface area contributed by atoms with E-state index < -0.39 is 11.3 Å². The Morgan fingerprint density at radius 2 is 2.04 bits per heavy atom. The number of rotatable bonds is 5. The lowest BCUT2D eigenvalue weighted by atomic mass is 10.1. The van der Waals surface area contributed by atoms with Gasteiger partial charge in [-0.3, -0.25) is 4.90 Å². The van der Waals surface area contributed by atoms with Crippen LogP contribution < -0.4 is 5.32 Å². The number of carbonyl (C=O) groups is 2. The minimum atomic E-state index is -1.04. The van der Waals surface area contributed by atoms with E-state index in [1.165, 1.54) is 0 Å². The monoisotopic (exact) mass is 379 g/mol. The molecule has 2 heterocycles. The van der Waals surface area contributed by atoms with Crippen LogP contribution in [0.3, 0.4) is 0 Å². The summed E-state index contributed by atoms with van der Waals surface area (Å²) >= 11 is 0. The average Bonchev–Trinajstić information content (AvgIpc) is 3.04. The average molecular weight is 380 g/mol. The van der Waals surface area contributed by atoms with Crippen molar-refractivity contribution in [1.82, 2.24) is 15.1 Å². The van der Waals surface area contributed by atoms with E-state index in [4.69, 9.17) is 9.47 Å². The molecule has 0 aromatic rings. The second-order valence-electron chi connectivity index (χ2n) is 8.24. The lowest BCUT2D eigenvalue weighted by Crippen LogP contribution is -2.62. The van der Waals surface area contributed by atoms with Gasteiger partial charge in [-0.2, -0.15) is 0 Å². The van der Waals surface area contributed by atoms with Gasteiger partial charge in [-0.05, 0) is 66.3 Å². The zero-order valence-corrected chi connectivity index (χ0v) is 17.3. The molecule has 0 spiro atoms. The van der Waals surface area contributed by atoms with Crippen molar-refractivity contribution in [2.75, 3.05) is 19.6 Å². The molecule has 0 saturated carbocycles. The minimum Gasteiger partial charge on any atom is -0.460 e. The molecular weight excluding hydrogens is 346 g/mol. The highest BCUT2D eigenvalue weighted by atomic mass is 16.6. The quantitative estimate of drug-likeness (QED) is 0.741. The summed E-state index contributed by atoms with van der Waals surface area (Å²) in [5, 5.41) is 3.17. The molecular formula is C20H33N3O4. The summed E-state index contributed by atoms with van der Waals surface area (Å²) in [6.07, 6.45) is 7.50. The van der Waals surface area contributed by atoms with Crippen LogP contribution in [0.15, 0.2) is 24.4 Å². The maximum Gasteiger partial charge on any atom is 0.410 e. The highest BCUT2D eigenvalue weighted by molar-refractivity contribution is 5.84. The van der Waals surface area contributed by atoms with Crippen molar-refractivity contribution in [2.24, 2.45) is 0 Å². The van der Waals surface area contributed by atoms with Crippen LogP contribution in [0.1, 0.15) is 48.0 Å². The summed E-state index contributed by atoms with van der Waals surface area (Å²) in [5.41, 5.74) is -1.58. The predicted octanol–water partition coefficient (Wildman–Crippen LogP) is 2.64. The number of likely N-dealkylation sites (tertiary alicyclic amines) is 1. The molecule has 1 fully saturated rings. The number of hydrogen-bond acceptors (Lipinski definition) is 6. The van der Waals surface area contributed by atoms with Crippen LogP contribution >= 0.6 is 0 Å². The highest BCUT2D eigenvalue weighted by Crippen LogP contribution is 2.28. The van der Waals surface area contributed by atoms with Crippen molar-refractivity contribution in [1.29, 1.82) is 0 Å². The Balaban J connectivity index is 2.15. The number of carbonyl (C=O) groups excluding carboxylic acids is 2. The fourth-order valence-corrected chi connectivity index (χ4v) is 3.40. The number of allylic oxidation sites excluding steroid dienone is 2. The van der Waals surface area contributed by atoms with Crippen LogP contribution in [0.25, 0.3) is 0 Å². The smallest absolute Gasteiger partial charge is 0.410 e. The van der Waals surface area contributed by atoms with E-state index in [0.29, 0.717) is 19.6 Å². The van der Waals surface area contributed by atoms with E-state index in [0.717, 1.165) is 6.42 Å². The molecule has 7 nitrogen and oxygen atoms in total. The van der Waals surface area contributed by atoms with E-state index in [1.54, 1.807) is 11.1 Å². The van der Waals surface area contributed by atoms with Gasteiger partial charge in [0.25, 0.3) is 0 Å². The Labute approximate surface area is 162 Å². The van der Waals surface area contributed by atoms with Gasteiger partial charge in [0.1, 0.15) is 5.60 Å². The lowest BCUT2D eigenvalue weighted by molar-refractivity contribution is -0.160. The van der Waals surface area contributed by atoms with Crippen LogP contribution in [-0.2, 0) is 14.3 Å². The standard InChI is InChI=1S/C20H33N3O4/c1-7-23(18(25)27-19(4,5)6)16-10-13-22(14-16)20(11-8-9-12-21-20)17(24)26-15(2)3/h8-9,11-12,15-16,21H,7,10,13-14H2,1-6H3/t16-,20?/m1/s1. The van der Waals surface area contributed by atoms with E-state index in [1.807, 2.05) is 64.7 Å². The second kappa shape index (κ2) is 8.33. The first-order valence-corrected chi connectivity index (χ1v) is 9.67. The van der Waals surface area contributed by atoms with Crippen molar-refractivity contribution < 1.29 is 19.1 Å². The van der Waals surface area contributed by atoms with E-state index in [9.17, 15) is 9.59 Å². The molecule has 1 saturated heterocycles. The first kappa shape index (κ1) is 21.3. The Morgan fingerprint density at radius 1 is 1.33 bits per heavy atom. The van der Waals surface area contributed by atoms with Gasteiger partial charge in [0.05, 0.1) is 6.10 Å². The third kappa shape index (κ3) is 5.03. The SMILES string of the molecule is CCN(C(=O)OC(C)(C)C)[C@@H]1CCN(C2(C(=O)OC(C)C)C=CC=CN2)C1. The summed E-state index contributed by atoms with van der Waals surface area (Å²) < 4.78 is 11.1. The summed E-state index contributed by atoms with van der Waals surface area (Å²) in [5.74, 6) is -0.334.